The third-order valence-corrected chi connectivity index (χ3v) is 2.52. The van der Waals surface area contributed by atoms with E-state index in [1.54, 1.807) is 49.4 Å². The van der Waals surface area contributed by atoms with Crippen LogP contribution in [0.5, 0.6) is 11.6 Å². The van der Waals surface area contributed by atoms with Crippen LogP contribution >= 0.6 is 0 Å². The Kier molecular flexibility index (Phi) is 4.30. The van der Waals surface area contributed by atoms with Gasteiger partial charge in [-0.05, 0) is 30.3 Å². The molecule has 0 unspecified atom stereocenters. The lowest BCUT2D eigenvalue weighted by Crippen LogP contribution is -2.08. The first-order chi connectivity index (χ1) is 9.71. The van der Waals surface area contributed by atoms with E-state index in [1.807, 2.05) is 6.07 Å². The molecule has 0 bridgehead atoms. The number of hydrogen-bond acceptors (Lipinski definition) is 4. The number of nitriles is 1. The van der Waals surface area contributed by atoms with Gasteiger partial charge in [0.25, 0.3) is 0 Å². The van der Waals surface area contributed by atoms with Crippen LogP contribution < -0.4 is 10.1 Å². The van der Waals surface area contributed by atoms with Gasteiger partial charge in [-0.15, -0.1) is 0 Å². The first-order valence-electron chi connectivity index (χ1n) is 6.16. The van der Waals surface area contributed by atoms with E-state index in [0.717, 1.165) is 0 Å². The van der Waals surface area contributed by atoms with E-state index in [9.17, 15) is 4.79 Å². The predicted molar refractivity (Wildman–Crippen MR) is 74.4 cm³/mol. The molecule has 0 atom stereocenters. The molecule has 0 spiro atoms. The molecule has 1 N–H and O–H groups in total. The molecule has 0 aliphatic carbocycles. The van der Waals surface area contributed by atoms with Crippen LogP contribution in [0.4, 0.5) is 5.69 Å². The SMILES string of the molecule is CCC(=O)Nc1ccc(Oc2cccc(C#N)n2)cc1. The van der Waals surface area contributed by atoms with Crippen LogP contribution in [-0.4, -0.2) is 10.9 Å². The van der Waals surface area contributed by atoms with Crippen molar-refractivity contribution in [1.82, 2.24) is 4.98 Å². The number of nitrogens with zero attached hydrogens (tertiary/aromatic N) is 2. The van der Waals surface area contributed by atoms with Crippen molar-refractivity contribution in [3.63, 3.8) is 0 Å². The summed E-state index contributed by atoms with van der Waals surface area (Å²) in [5, 5.41) is 11.5. The summed E-state index contributed by atoms with van der Waals surface area (Å²) >= 11 is 0. The minimum Gasteiger partial charge on any atom is -0.439 e. The van der Waals surface area contributed by atoms with Gasteiger partial charge in [-0.25, -0.2) is 4.98 Å². The molecule has 1 aromatic heterocycles. The Balaban J connectivity index is 2.07. The van der Waals surface area contributed by atoms with Gasteiger partial charge >= 0.3 is 0 Å². The van der Waals surface area contributed by atoms with Crippen molar-refractivity contribution in [2.45, 2.75) is 13.3 Å². The van der Waals surface area contributed by atoms with Gasteiger partial charge in [-0.2, -0.15) is 5.26 Å². The molecular weight excluding hydrogens is 254 g/mol. The summed E-state index contributed by atoms with van der Waals surface area (Å²) in [5.74, 6) is 0.901. The van der Waals surface area contributed by atoms with Crippen molar-refractivity contribution in [3.8, 4) is 17.7 Å². The minimum absolute atomic E-state index is 0.0398. The van der Waals surface area contributed by atoms with Gasteiger partial charge < -0.3 is 10.1 Å². The van der Waals surface area contributed by atoms with E-state index in [-0.39, 0.29) is 5.91 Å². The highest BCUT2D eigenvalue weighted by molar-refractivity contribution is 5.90. The topological polar surface area (TPSA) is 75.0 Å². The van der Waals surface area contributed by atoms with Crippen LogP contribution in [0.3, 0.4) is 0 Å². The fourth-order valence-electron chi connectivity index (χ4n) is 1.51. The van der Waals surface area contributed by atoms with Crippen molar-refractivity contribution in [2.75, 3.05) is 5.32 Å². The van der Waals surface area contributed by atoms with E-state index < -0.39 is 0 Å². The quantitative estimate of drug-likeness (QED) is 0.923. The number of benzene rings is 1. The Bertz CT molecular complexity index is 645. The number of carbonyl (C=O) groups is 1. The first-order valence-corrected chi connectivity index (χ1v) is 6.16. The lowest BCUT2D eigenvalue weighted by molar-refractivity contribution is -0.115. The van der Waals surface area contributed by atoms with Crippen LogP contribution in [-0.2, 0) is 4.79 Å². The van der Waals surface area contributed by atoms with Gasteiger partial charge in [0.2, 0.25) is 11.8 Å². The molecule has 0 saturated carbocycles. The van der Waals surface area contributed by atoms with Crippen molar-refractivity contribution >= 4 is 11.6 Å². The van der Waals surface area contributed by atoms with E-state index in [0.29, 0.717) is 29.4 Å². The van der Waals surface area contributed by atoms with Crippen LogP contribution in [0.25, 0.3) is 0 Å². The van der Waals surface area contributed by atoms with Crippen molar-refractivity contribution in [2.24, 2.45) is 0 Å². The van der Waals surface area contributed by atoms with E-state index in [2.05, 4.69) is 10.3 Å². The minimum atomic E-state index is -0.0398. The third kappa shape index (κ3) is 3.56. The molecule has 5 nitrogen and oxygen atoms in total. The van der Waals surface area contributed by atoms with Gasteiger partial charge in [0.05, 0.1) is 0 Å². The Morgan fingerprint density at radius 2 is 2.05 bits per heavy atom. The molecule has 100 valence electrons. The summed E-state index contributed by atoms with van der Waals surface area (Å²) in [6.07, 6.45) is 0.434. The van der Waals surface area contributed by atoms with Crippen LogP contribution in [0.2, 0.25) is 0 Å². The molecule has 2 aromatic rings. The highest BCUT2D eigenvalue weighted by atomic mass is 16.5. The maximum Gasteiger partial charge on any atom is 0.224 e. The summed E-state index contributed by atoms with van der Waals surface area (Å²) in [4.78, 5) is 15.3. The number of aromatic nitrogens is 1. The average molecular weight is 267 g/mol. The number of amides is 1. The lowest BCUT2D eigenvalue weighted by Gasteiger charge is -2.07. The number of anilines is 1. The summed E-state index contributed by atoms with van der Waals surface area (Å²) in [6.45, 7) is 1.79. The zero-order chi connectivity index (χ0) is 14.4. The normalized spacial score (nSPS) is 9.60. The Labute approximate surface area is 116 Å². The standard InChI is InChI=1S/C15H13N3O2/c1-2-14(19)17-11-6-8-13(9-7-11)20-15-5-3-4-12(10-16)18-15/h3-9H,2H2,1H3,(H,17,19). The number of rotatable bonds is 4. The zero-order valence-electron chi connectivity index (χ0n) is 11.0. The fourth-order valence-corrected chi connectivity index (χ4v) is 1.51. The number of pyridine rings is 1. The average Bonchev–Trinajstić information content (AvgIpc) is 2.49. The Morgan fingerprint density at radius 1 is 1.30 bits per heavy atom. The molecule has 0 aliphatic heterocycles. The molecule has 20 heavy (non-hydrogen) atoms. The molecule has 5 heteroatoms. The smallest absolute Gasteiger partial charge is 0.224 e. The van der Waals surface area contributed by atoms with Gasteiger partial charge in [-0.3, -0.25) is 4.79 Å². The predicted octanol–water partition coefficient (Wildman–Crippen LogP) is 3.09. The van der Waals surface area contributed by atoms with E-state index >= 15 is 0 Å². The second kappa shape index (κ2) is 6.34. The first kappa shape index (κ1) is 13.6. The maximum atomic E-state index is 11.2. The second-order valence-corrected chi connectivity index (χ2v) is 4.00. The number of ether oxygens (including phenoxy) is 1. The summed E-state index contributed by atoms with van der Waals surface area (Å²) in [7, 11) is 0. The van der Waals surface area contributed by atoms with Crippen LogP contribution in [0.1, 0.15) is 19.0 Å². The maximum absolute atomic E-state index is 11.2. The molecule has 2 rings (SSSR count). The van der Waals surface area contributed by atoms with Gasteiger partial charge in [0.1, 0.15) is 17.5 Å². The van der Waals surface area contributed by atoms with Crippen molar-refractivity contribution in [3.05, 3.63) is 48.2 Å². The van der Waals surface area contributed by atoms with E-state index in [1.165, 1.54) is 0 Å². The summed E-state index contributed by atoms with van der Waals surface area (Å²) in [6, 6.07) is 13.9. The van der Waals surface area contributed by atoms with Crippen LogP contribution in [0, 0.1) is 11.3 Å². The van der Waals surface area contributed by atoms with Gasteiger partial charge in [-0.1, -0.05) is 13.0 Å². The number of nitrogens with one attached hydrogen (secondary N) is 1. The third-order valence-electron chi connectivity index (χ3n) is 2.52. The molecule has 0 saturated heterocycles. The number of carbonyl (C=O) groups excluding carboxylic acids is 1. The Morgan fingerprint density at radius 3 is 2.70 bits per heavy atom. The molecular formula is C15H13N3O2. The number of hydrogen-bond donors (Lipinski definition) is 1. The lowest BCUT2D eigenvalue weighted by atomic mass is 10.3. The highest BCUT2D eigenvalue weighted by Gasteiger charge is 2.02. The fraction of sp³-hybridized carbons (Fsp3) is 0.133. The largest absolute Gasteiger partial charge is 0.439 e. The molecule has 1 aromatic carbocycles. The van der Waals surface area contributed by atoms with E-state index in [4.69, 9.17) is 10.00 Å². The monoisotopic (exact) mass is 267 g/mol. The summed E-state index contributed by atoms with van der Waals surface area (Å²) in [5.41, 5.74) is 1.01. The van der Waals surface area contributed by atoms with Crippen molar-refractivity contribution < 1.29 is 9.53 Å². The summed E-state index contributed by atoms with van der Waals surface area (Å²) < 4.78 is 5.53. The second-order valence-electron chi connectivity index (χ2n) is 4.00. The zero-order valence-corrected chi connectivity index (χ0v) is 11.0. The Hall–Kier alpha value is -2.87. The molecule has 0 fully saturated rings. The van der Waals surface area contributed by atoms with Gasteiger partial charge in [0.15, 0.2) is 0 Å². The van der Waals surface area contributed by atoms with Crippen LogP contribution in [0.15, 0.2) is 42.5 Å². The molecule has 1 amide bonds. The van der Waals surface area contributed by atoms with Gasteiger partial charge in [0, 0.05) is 18.2 Å². The van der Waals surface area contributed by atoms with Crippen molar-refractivity contribution in [1.29, 1.82) is 5.26 Å². The molecule has 0 radical (unpaired) electrons. The molecule has 1 heterocycles. The highest BCUT2D eigenvalue weighted by Crippen LogP contribution is 2.21. The molecule has 0 aliphatic rings.